The number of carbonyl (C=O) groups excluding carboxylic acids is 2. The molecule has 1 heterocycles. The molecule has 1 unspecified atom stereocenters. The van der Waals surface area contributed by atoms with Crippen LogP contribution in [-0.4, -0.2) is 30.3 Å². The van der Waals surface area contributed by atoms with Crippen molar-refractivity contribution in [3.05, 3.63) is 51.1 Å². The van der Waals surface area contributed by atoms with Crippen LogP contribution in [0.4, 0.5) is 4.79 Å². The predicted octanol–water partition coefficient (Wildman–Crippen LogP) is 6.11. The van der Waals surface area contributed by atoms with Crippen molar-refractivity contribution in [2.45, 2.75) is 78.6 Å². The summed E-state index contributed by atoms with van der Waals surface area (Å²) in [6, 6.07) is 1.33. The molecule has 0 radical (unpaired) electrons. The van der Waals surface area contributed by atoms with Gasteiger partial charge in [0.2, 0.25) is 0 Å². The van der Waals surface area contributed by atoms with Crippen LogP contribution < -0.4 is 5.63 Å². The lowest BCUT2D eigenvalue weighted by atomic mass is 9.99. The Labute approximate surface area is 189 Å². The first-order valence-electron chi connectivity index (χ1n) is 11.1. The number of amides is 1. The molecule has 7 heteroatoms. The molecule has 0 bridgehead atoms. The van der Waals surface area contributed by atoms with E-state index < -0.39 is 17.5 Å². The number of rotatable bonds is 12. The third-order valence-corrected chi connectivity index (χ3v) is 5.15. The average molecular weight is 446 g/mol. The molecule has 1 aromatic heterocycles. The number of allylic oxidation sites excluding steroid dienone is 4. The van der Waals surface area contributed by atoms with E-state index >= 15 is 0 Å². The summed E-state index contributed by atoms with van der Waals surface area (Å²) in [4.78, 5) is 39.7. The van der Waals surface area contributed by atoms with Crippen molar-refractivity contribution in [3.63, 3.8) is 0 Å². The highest BCUT2D eigenvalue weighted by Crippen LogP contribution is 2.26. The van der Waals surface area contributed by atoms with Crippen LogP contribution in [0.2, 0.25) is 0 Å². The maximum absolute atomic E-state index is 12.7. The molecule has 0 spiro atoms. The summed E-state index contributed by atoms with van der Waals surface area (Å²) >= 11 is 0. The number of ether oxygens (including phenoxy) is 1. The quantitative estimate of drug-likeness (QED) is 0.137. The molecule has 1 atom stereocenters. The van der Waals surface area contributed by atoms with Crippen LogP contribution in [0.1, 0.15) is 94.7 Å². The van der Waals surface area contributed by atoms with Gasteiger partial charge >= 0.3 is 11.7 Å². The fourth-order valence-electron chi connectivity index (χ4n) is 3.08. The fourth-order valence-corrected chi connectivity index (χ4v) is 3.08. The molecule has 0 aliphatic rings. The van der Waals surface area contributed by atoms with Gasteiger partial charge in [-0.1, -0.05) is 44.4 Å². The molecule has 1 rings (SSSR count). The molecule has 176 valence electrons. The molecular weight excluding hydrogens is 410 g/mol. The normalized spacial score (nSPS) is 13.4. The third-order valence-electron chi connectivity index (χ3n) is 5.15. The summed E-state index contributed by atoms with van der Waals surface area (Å²) in [5, 5.41) is 10.4. The first-order valence-corrected chi connectivity index (χ1v) is 11.1. The van der Waals surface area contributed by atoms with E-state index in [1.807, 2.05) is 19.9 Å². The van der Waals surface area contributed by atoms with Crippen LogP contribution in [0.15, 0.2) is 43.6 Å². The highest BCUT2D eigenvalue weighted by Gasteiger charge is 2.21. The van der Waals surface area contributed by atoms with Gasteiger partial charge in [-0.05, 0) is 51.5 Å². The molecular formula is C25H35NO6. The van der Waals surface area contributed by atoms with Gasteiger partial charge in [-0.2, -0.15) is 4.99 Å². The van der Waals surface area contributed by atoms with E-state index in [1.54, 1.807) is 13.0 Å². The number of aliphatic imine (C=N–C) groups is 1. The van der Waals surface area contributed by atoms with Crippen LogP contribution in [0, 0.1) is 0 Å². The minimum Gasteiger partial charge on any atom is -0.507 e. The van der Waals surface area contributed by atoms with Gasteiger partial charge in [0, 0.05) is 18.2 Å². The molecule has 32 heavy (non-hydrogen) atoms. The Hall–Kier alpha value is -2.96. The number of carbonyl (C=O) groups is 2. The van der Waals surface area contributed by atoms with E-state index in [-0.39, 0.29) is 17.2 Å². The van der Waals surface area contributed by atoms with Gasteiger partial charge in [0.1, 0.15) is 17.1 Å². The Bertz CT molecular complexity index is 923. The molecule has 0 aliphatic carbocycles. The Balaban J connectivity index is 2.84. The van der Waals surface area contributed by atoms with Crippen molar-refractivity contribution in [3.8, 4) is 5.75 Å². The van der Waals surface area contributed by atoms with E-state index in [0.717, 1.165) is 31.3 Å². The summed E-state index contributed by atoms with van der Waals surface area (Å²) in [6.07, 6.45) is 10.6. The minimum absolute atomic E-state index is 0.158. The van der Waals surface area contributed by atoms with E-state index in [9.17, 15) is 19.5 Å². The van der Waals surface area contributed by atoms with Crippen LogP contribution >= 0.6 is 0 Å². The van der Waals surface area contributed by atoms with Crippen molar-refractivity contribution < 1.29 is 23.8 Å². The van der Waals surface area contributed by atoms with Crippen molar-refractivity contribution in [1.29, 1.82) is 0 Å². The second-order valence-electron chi connectivity index (χ2n) is 7.96. The van der Waals surface area contributed by atoms with Gasteiger partial charge < -0.3 is 14.3 Å². The Morgan fingerprint density at radius 1 is 1.22 bits per heavy atom. The number of aromatic hydroxyl groups is 1. The fraction of sp³-hybridized carbons (Fsp3) is 0.520. The second kappa shape index (κ2) is 14.2. The van der Waals surface area contributed by atoms with Crippen LogP contribution in [0.5, 0.6) is 5.75 Å². The predicted molar refractivity (Wildman–Crippen MR) is 126 cm³/mol. The molecule has 1 aromatic rings. The average Bonchev–Trinajstić information content (AvgIpc) is 2.76. The maximum Gasteiger partial charge on any atom is 0.432 e. The van der Waals surface area contributed by atoms with Crippen LogP contribution in [0.25, 0.3) is 0 Å². The number of methoxy groups -OCH3 is 1. The van der Waals surface area contributed by atoms with E-state index in [2.05, 4.69) is 16.7 Å². The SMILES string of the molecule is CCCCCC(C)=CC=C(C)C(=O)c1c(O)cc(C(C)CCCC=NC(=O)OC)oc1=O. The molecule has 0 saturated heterocycles. The number of unbranched alkanes of at least 4 members (excludes halogenated alkanes) is 3. The summed E-state index contributed by atoms with van der Waals surface area (Å²) in [6.45, 7) is 7.62. The molecule has 0 aliphatic heterocycles. The third kappa shape index (κ3) is 9.04. The van der Waals surface area contributed by atoms with Gasteiger partial charge in [0.15, 0.2) is 5.78 Å². The number of hydrogen-bond donors (Lipinski definition) is 1. The zero-order valence-corrected chi connectivity index (χ0v) is 19.8. The highest BCUT2D eigenvalue weighted by molar-refractivity contribution is 6.09. The lowest BCUT2D eigenvalue weighted by Crippen LogP contribution is -2.16. The topological polar surface area (TPSA) is 106 Å². The molecule has 1 amide bonds. The number of Topliss-reactive ketones (excluding diaryl/α,β-unsaturated/α-hetero) is 1. The smallest absolute Gasteiger partial charge is 0.432 e. The van der Waals surface area contributed by atoms with E-state index in [4.69, 9.17) is 4.42 Å². The maximum atomic E-state index is 12.7. The first-order chi connectivity index (χ1) is 15.2. The number of hydrogen-bond acceptors (Lipinski definition) is 6. The first kappa shape index (κ1) is 27.1. The van der Waals surface area contributed by atoms with Crippen LogP contribution in [0.3, 0.4) is 0 Å². The Morgan fingerprint density at radius 3 is 2.56 bits per heavy atom. The molecule has 1 N–H and O–H groups in total. The van der Waals surface area contributed by atoms with Gasteiger partial charge in [-0.25, -0.2) is 9.59 Å². The van der Waals surface area contributed by atoms with Gasteiger partial charge in [-0.15, -0.1) is 0 Å². The van der Waals surface area contributed by atoms with Gasteiger partial charge in [-0.3, -0.25) is 4.79 Å². The highest BCUT2D eigenvalue weighted by atomic mass is 16.5. The number of nitrogens with zero attached hydrogens (tertiary/aromatic N) is 1. The summed E-state index contributed by atoms with van der Waals surface area (Å²) in [5.41, 5.74) is 0.313. The minimum atomic E-state index is -0.847. The molecule has 0 fully saturated rings. The lowest BCUT2D eigenvalue weighted by Gasteiger charge is -2.11. The van der Waals surface area contributed by atoms with Crippen molar-refractivity contribution in [2.75, 3.05) is 7.11 Å². The van der Waals surface area contributed by atoms with Crippen molar-refractivity contribution in [1.82, 2.24) is 0 Å². The van der Waals surface area contributed by atoms with E-state index in [1.165, 1.54) is 19.4 Å². The Morgan fingerprint density at radius 2 is 1.94 bits per heavy atom. The second-order valence-corrected chi connectivity index (χ2v) is 7.96. The summed E-state index contributed by atoms with van der Waals surface area (Å²) in [5.74, 6) is -0.777. The summed E-state index contributed by atoms with van der Waals surface area (Å²) < 4.78 is 9.76. The Kier molecular flexibility index (Phi) is 12.0. The molecule has 0 aromatic carbocycles. The molecule has 0 saturated carbocycles. The standard InChI is InChI=1S/C25H35NO6/c1-6-7-8-11-17(2)13-14-19(4)23(28)22-20(27)16-21(32-24(22)29)18(3)12-9-10-15-26-25(30)31-5/h13-16,18,27H,6-12H2,1-5H3. The monoisotopic (exact) mass is 445 g/mol. The van der Waals surface area contributed by atoms with Crippen LogP contribution in [-0.2, 0) is 4.74 Å². The zero-order chi connectivity index (χ0) is 24.1. The van der Waals surface area contributed by atoms with Gasteiger partial charge in [0.25, 0.3) is 0 Å². The van der Waals surface area contributed by atoms with E-state index in [0.29, 0.717) is 30.6 Å². The van der Waals surface area contributed by atoms with Crippen molar-refractivity contribution in [2.24, 2.45) is 4.99 Å². The largest absolute Gasteiger partial charge is 0.507 e. The summed E-state index contributed by atoms with van der Waals surface area (Å²) in [7, 11) is 1.26. The zero-order valence-electron chi connectivity index (χ0n) is 19.8. The molecule has 7 nitrogen and oxygen atoms in total. The van der Waals surface area contributed by atoms with Gasteiger partial charge in [0.05, 0.1) is 7.11 Å². The lowest BCUT2D eigenvalue weighted by molar-refractivity contribution is 0.102. The number of ketones is 1. The van der Waals surface area contributed by atoms with Crippen molar-refractivity contribution >= 4 is 18.1 Å².